The van der Waals surface area contributed by atoms with Gasteiger partial charge >= 0.3 is 5.97 Å². The largest absolute Gasteiger partial charge is 0.497 e. The molecule has 1 aliphatic rings. The predicted octanol–water partition coefficient (Wildman–Crippen LogP) is 3.09. The van der Waals surface area contributed by atoms with E-state index in [0.29, 0.717) is 0 Å². The zero-order valence-electron chi connectivity index (χ0n) is 15.5. The van der Waals surface area contributed by atoms with Gasteiger partial charge in [0, 0.05) is 29.4 Å². The molecule has 0 spiro atoms. The number of carboxylic acids is 1. The average Bonchev–Trinajstić information content (AvgIpc) is 3.42. The Kier molecular flexibility index (Phi) is 4.77. The number of nitrogens with one attached hydrogen (secondary N) is 2. The Morgan fingerprint density at radius 3 is 2.86 bits per heavy atom. The lowest BCUT2D eigenvalue weighted by Crippen LogP contribution is -2.43. The summed E-state index contributed by atoms with van der Waals surface area (Å²) in [6.07, 6.45) is 2.77. The van der Waals surface area contributed by atoms with E-state index in [-0.39, 0.29) is 24.2 Å². The van der Waals surface area contributed by atoms with Crippen LogP contribution in [0, 0.1) is 5.92 Å². The fourth-order valence-electron chi connectivity index (χ4n) is 3.72. The molecular formula is C22H22N2O4. The number of H-pyrrole nitrogens is 1. The number of aliphatic carboxylic acids is 1. The minimum atomic E-state index is -1.03. The lowest BCUT2D eigenvalue weighted by Gasteiger charge is -2.14. The molecule has 0 saturated heterocycles. The van der Waals surface area contributed by atoms with Gasteiger partial charge in [-0.15, -0.1) is 0 Å². The fraction of sp³-hybridized carbons (Fsp3) is 0.273. The van der Waals surface area contributed by atoms with Gasteiger partial charge in [-0.25, -0.2) is 4.79 Å². The zero-order chi connectivity index (χ0) is 19.7. The van der Waals surface area contributed by atoms with Crippen molar-refractivity contribution in [3.05, 3.63) is 65.9 Å². The van der Waals surface area contributed by atoms with E-state index in [1.54, 1.807) is 7.11 Å². The number of carbonyl (C=O) groups excluding carboxylic acids is 1. The summed E-state index contributed by atoms with van der Waals surface area (Å²) in [5, 5.41) is 13.3. The van der Waals surface area contributed by atoms with Crippen LogP contribution in [0.1, 0.15) is 23.5 Å². The van der Waals surface area contributed by atoms with E-state index in [4.69, 9.17) is 4.74 Å². The summed E-state index contributed by atoms with van der Waals surface area (Å²) in [4.78, 5) is 27.5. The Balaban J connectivity index is 1.44. The second-order valence-corrected chi connectivity index (χ2v) is 7.19. The molecule has 6 nitrogen and oxygen atoms in total. The van der Waals surface area contributed by atoms with E-state index in [1.807, 2.05) is 54.7 Å². The highest BCUT2D eigenvalue weighted by Crippen LogP contribution is 2.48. The van der Waals surface area contributed by atoms with E-state index in [2.05, 4.69) is 10.3 Å². The lowest BCUT2D eigenvalue weighted by molar-refractivity contribution is -0.142. The van der Waals surface area contributed by atoms with Gasteiger partial charge in [0.05, 0.1) is 7.11 Å². The number of ether oxygens (including phenoxy) is 1. The van der Waals surface area contributed by atoms with Crippen molar-refractivity contribution in [1.82, 2.24) is 10.3 Å². The fourth-order valence-corrected chi connectivity index (χ4v) is 3.72. The summed E-state index contributed by atoms with van der Waals surface area (Å²) in [6, 6.07) is 14.4. The third-order valence-corrected chi connectivity index (χ3v) is 5.36. The number of aromatic amines is 1. The van der Waals surface area contributed by atoms with E-state index in [9.17, 15) is 14.7 Å². The standard InChI is InChI=1S/C22H22N2O4/c1-28-15-6-4-5-13(9-15)17-11-18(17)21(25)24-20(22(26)27)10-14-12-23-19-8-3-2-7-16(14)19/h2-9,12,17-18,20,23H,10-11H2,1H3,(H,24,25)(H,26,27)/t17-,18+,20+/m0/s1. The van der Waals surface area contributed by atoms with Gasteiger partial charge in [-0.3, -0.25) is 4.79 Å². The molecule has 0 aliphatic heterocycles. The third-order valence-electron chi connectivity index (χ3n) is 5.36. The smallest absolute Gasteiger partial charge is 0.326 e. The Morgan fingerprint density at radius 2 is 2.07 bits per heavy atom. The van der Waals surface area contributed by atoms with Crippen LogP contribution in [0.25, 0.3) is 10.9 Å². The van der Waals surface area contributed by atoms with E-state index in [1.165, 1.54) is 0 Å². The van der Waals surface area contributed by atoms with Crippen LogP contribution >= 0.6 is 0 Å². The van der Waals surface area contributed by atoms with Crippen LogP contribution in [-0.2, 0) is 16.0 Å². The number of benzene rings is 2. The third kappa shape index (κ3) is 3.58. The Hall–Kier alpha value is -3.28. The summed E-state index contributed by atoms with van der Waals surface area (Å²) >= 11 is 0. The molecular weight excluding hydrogens is 356 g/mol. The first kappa shape index (κ1) is 18.1. The number of rotatable bonds is 7. The maximum Gasteiger partial charge on any atom is 0.326 e. The quantitative estimate of drug-likeness (QED) is 0.589. The number of aromatic nitrogens is 1. The van der Waals surface area contributed by atoms with Gasteiger partial charge in [-0.2, -0.15) is 0 Å². The van der Waals surface area contributed by atoms with E-state index >= 15 is 0 Å². The van der Waals surface area contributed by atoms with Gasteiger partial charge in [-0.1, -0.05) is 30.3 Å². The van der Waals surface area contributed by atoms with Gasteiger partial charge in [-0.05, 0) is 41.7 Å². The van der Waals surface area contributed by atoms with Crippen LogP contribution in [0.15, 0.2) is 54.7 Å². The van der Waals surface area contributed by atoms with E-state index < -0.39 is 12.0 Å². The first-order chi connectivity index (χ1) is 13.6. The maximum absolute atomic E-state index is 12.6. The monoisotopic (exact) mass is 378 g/mol. The molecule has 2 aromatic carbocycles. The first-order valence-electron chi connectivity index (χ1n) is 9.29. The lowest BCUT2D eigenvalue weighted by atomic mass is 10.0. The number of fused-ring (bicyclic) bond motifs is 1. The first-order valence-corrected chi connectivity index (χ1v) is 9.29. The molecule has 1 aliphatic carbocycles. The van der Waals surface area contributed by atoms with Gasteiger partial charge in [0.25, 0.3) is 0 Å². The van der Waals surface area contributed by atoms with Crippen molar-refractivity contribution >= 4 is 22.8 Å². The molecule has 144 valence electrons. The summed E-state index contributed by atoms with van der Waals surface area (Å²) < 4.78 is 5.24. The summed E-state index contributed by atoms with van der Waals surface area (Å²) in [5.74, 6) is -0.571. The van der Waals surface area contributed by atoms with Crippen molar-refractivity contribution in [3.8, 4) is 5.75 Å². The van der Waals surface area contributed by atoms with Crippen molar-refractivity contribution in [2.24, 2.45) is 5.92 Å². The number of carboxylic acid groups (broad SMARTS) is 1. The highest BCUT2D eigenvalue weighted by molar-refractivity contribution is 5.89. The van der Waals surface area contributed by atoms with Crippen LogP contribution in [0.4, 0.5) is 0 Å². The summed E-state index contributed by atoms with van der Waals surface area (Å²) in [6.45, 7) is 0. The highest BCUT2D eigenvalue weighted by Gasteiger charge is 2.45. The van der Waals surface area contributed by atoms with Gasteiger partial charge in [0.2, 0.25) is 5.91 Å². The Morgan fingerprint density at radius 1 is 1.25 bits per heavy atom. The number of para-hydroxylation sites is 1. The molecule has 1 heterocycles. The minimum absolute atomic E-state index is 0.109. The van der Waals surface area contributed by atoms with Crippen molar-refractivity contribution in [2.45, 2.75) is 24.8 Å². The molecule has 0 radical (unpaired) electrons. The molecule has 3 atom stereocenters. The van der Waals surface area contributed by atoms with Gasteiger partial charge in [0.15, 0.2) is 0 Å². The molecule has 1 aromatic heterocycles. The molecule has 1 saturated carbocycles. The van der Waals surface area contributed by atoms with Crippen LogP contribution in [-0.4, -0.2) is 35.1 Å². The second kappa shape index (κ2) is 7.38. The van der Waals surface area contributed by atoms with Gasteiger partial charge in [0.1, 0.15) is 11.8 Å². The molecule has 1 fully saturated rings. The Labute approximate surface area is 162 Å². The maximum atomic E-state index is 12.6. The minimum Gasteiger partial charge on any atom is -0.497 e. The zero-order valence-corrected chi connectivity index (χ0v) is 15.5. The molecule has 4 rings (SSSR count). The van der Waals surface area contributed by atoms with Crippen LogP contribution < -0.4 is 10.1 Å². The summed E-state index contributed by atoms with van der Waals surface area (Å²) in [5.41, 5.74) is 2.87. The molecule has 0 bridgehead atoms. The number of amides is 1. The molecule has 1 amide bonds. The molecule has 28 heavy (non-hydrogen) atoms. The van der Waals surface area contributed by atoms with Crippen molar-refractivity contribution in [2.75, 3.05) is 7.11 Å². The van der Waals surface area contributed by atoms with E-state index in [0.717, 1.165) is 34.2 Å². The second-order valence-electron chi connectivity index (χ2n) is 7.19. The molecule has 0 unspecified atom stereocenters. The number of carbonyl (C=O) groups is 2. The molecule has 3 aromatic rings. The SMILES string of the molecule is COc1cccc([C@@H]2C[C@H]2C(=O)N[C@H](Cc2c[nH]c3ccccc23)C(=O)O)c1. The summed E-state index contributed by atoms with van der Waals surface area (Å²) in [7, 11) is 1.61. The number of hydrogen-bond donors (Lipinski definition) is 3. The number of methoxy groups -OCH3 is 1. The van der Waals surface area contributed by atoms with Crippen molar-refractivity contribution in [1.29, 1.82) is 0 Å². The topological polar surface area (TPSA) is 91.4 Å². The van der Waals surface area contributed by atoms with Crippen molar-refractivity contribution in [3.63, 3.8) is 0 Å². The molecule has 3 N–H and O–H groups in total. The number of hydrogen-bond acceptors (Lipinski definition) is 3. The normalized spacial score (nSPS) is 19.2. The molecule has 6 heteroatoms. The van der Waals surface area contributed by atoms with Crippen molar-refractivity contribution < 1.29 is 19.4 Å². The average molecular weight is 378 g/mol. The van der Waals surface area contributed by atoms with Crippen LogP contribution in [0.2, 0.25) is 0 Å². The highest BCUT2D eigenvalue weighted by atomic mass is 16.5. The van der Waals surface area contributed by atoms with Crippen LogP contribution in [0.3, 0.4) is 0 Å². The predicted molar refractivity (Wildman–Crippen MR) is 105 cm³/mol. The van der Waals surface area contributed by atoms with Gasteiger partial charge < -0.3 is 20.1 Å². The Bertz CT molecular complexity index is 1030. The van der Waals surface area contributed by atoms with Crippen LogP contribution in [0.5, 0.6) is 5.75 Å².